The zero-order valence-corrected chi connectivity index (χ0v) is 16.1. The van der Waals surface area contributed by atoms with Crippen LogP contribution in [0.3, 0.4) is 0 Å². The van der Waals surface area contributed by atoms with Gasteiger partial charge < -0.3 is 9.88 Å². The van der Waals surface area contributed by atoms with Crippen LogP contribution in [0.25, 0.3) is 10.9 Å². The number of aryl methyl sites for hydroxylation is 1. The van der Waals surface area contributed by atoms with Gasteiger partial charge in [-0.15, -0.1) is 0 Å². The lowest BCUT2D eigenvalue weighted by atomic mass is 10.1. The number of nitrogens with zero attached hydrogens (tertiary/aromatic N) is 2. The van der Waals surface area contributed by atoms with E-state index in [4.69, 9.17) is 11.6 Å². The van der Waals surface area contributed by atoms with Crippen LogP contribution >= 0.6 is 11.6 Å². The third kappa shape index (κ3) is 4.18. The monoisotopic (exact) mass is 381 g/mol. The molecule has 3 aromatic rings. The molecule has 27 heavy (non-hydrogen) atoms. The van der Waals surface area contributed by atoms with Gasteiger partial charge in [0, 0.05) is 61.3 Å². The molecule has 0 radical (unpaired) electrons. The van der Waals surface area contributed by atoms with Crippen LogP contribution in [0.5, 0.6) is 0 Å². The fourth-order valence-electron chi connectivity index (χ4n) is 3.76. The summed E-state index contributed by atoms with van der Waals surface area (Å²) in [6.07, 6.45) is 3.37. The van der Waals surface area contributed by atoms with Gasteiger partial charge in [0.15, 0.2) is 0 Å². The zero-order chi connectivity index (χ0) is 18.6. The zero-order valence-electron chi connectivity index (χ0n) is 15.3. The van der Waals surface area contributed by atoms with Crippen molar-refractivity contribution in [3.8, 4) is 0 Å². The Hall–Kier alpha value is -2.30. The number of fused-ring (bicyclic) bond motifs is 1. The van der Waals surface area contributed by atoms with E-state index in [1.165, 1.54) is 10.9 Å². The maximum Gasteiger partial charge on any atom is 0.222 e. The van der Waals surface area contributed by atoms with Crippen molar-refractivity contribution in [2.45, 2.75) is 19.4 Å². The molecule has 1 fully saturated rings. The summed E-state index contributed by atoms with van der Waals surface area (Å²) in [5.74, 6) is 0.248. The number of aromatic nitrogens is 1. The standard InChI is InChI=1S/C22H24ClN3O/c23-20-7-3-1-5-18(20)16-25-11-13-26(14-12-25)22(27)10-9-17-15-24-21-8-4-2-6-19(17)21/h1-8,15,24H,9-14,16H2. The van der Waals surface area contributed by atoms with E-state index in [1.807, 2.05) is 41.4 Å². The van der Waals surface area contributed by atoms with E-state index in [-0.39, 0.29) is 5.91 Å². The second kappa shape index (κ2) is 8.15. The van der Waals surface area contributed by atoms with Crippen molar-refractivity contribution in [2.24, 2.45) is 0 Å². The molecule has 2 aromatic carbocycles. The lowest BCUT2D eigenvalue weighted by Crippen LogP contribution is -2.48. The van der Waals surface area contributed by atoms with Crippen LogP contribution in [0.2, 0.25) is 5.02 Å². The number of benzene rings is 2. The SMILES string of the molecule is O=C(CCc1c[nH]c2ccccc12)N1CCN(Cc2ccccc2Cl)CC1. The summed E-state index contributed by atoms with van der Waals surface area (Å²) >= 11 is 6.26. The first-order chi connectivity index (χ1) is 13.2. The molecule has 4 rings (SSSR count). The molecule has 0 spiro atoms. The normalized spacial score (nSPS) is 15.4. The molecule has 0 atom stereocenters. The van der Waals surface area contributed by atoms with E-state index >= 15 is 0 Å². The van der Waals surface area contributed by atoms with Crippen molar-refractivity contribution in [1.82, 2.24) is 14.8 Å². The summed E-state index contributed by atoms with van der Waals surface area (Å²) < 4.78 is 0. The van der Waals surface area contributed by atoms with Crippen LogP contribution in [-0.4, -0.2) is 46.9 Å². The van der Waals surface area contributed by atoms with E-state index in [0.29, 0.717) is 6.42 Å². The number of nitrogens with one attached hydrogen (secondary N) is 1. The number of aromatic amines is 1. The van der Waals surface area contributed by atoms with Crippen LogP contribution in [0.4, 0.5) is 0 Å². The average molecular weight is 382 g/mol. The van der Waals surface area contributed by atoms with Gasteiger partial charge in [-0.1, -0.05) is 48.0 Å². The summed E-state index contributed by atoms with van der Waals surface area (Å²) in [6, 6.07) is 16.2. The molecule has 1 N–H and O–H groups in total. The minimum absolute atomic E-state index is 0.248. The number of carbonyl (C=O) groups is 1. The van der Waals surface area contributed by atoms with Crippen LogP contribution in [0, 0.1) is 0 Å². The fraction of sp³-hybridized carbons (Fsp3) is 0.318. The van der Waals surface area contributed by atoms with Gasteiger partial charge in [0.25, 0.3) is 0 Å². The topological polar surface area (TPSA) is 39.3 Å². The predicted octanol–water partition coefficient (Wildman–Crippen LogP) is 4.10. The molecule has 5 heteroatoms. The third-order valence-corrected chi connectivity index (χ3v) is 5.73. The number of rotatable bonds is 5. The first-order valence-corrected chi connectivity index (χ1v) is 9.87. The highest BCUT2D eigenvalue weighted by atomic mass is 35.5. The molecule has 1 aliphatic heterocycles. The average Bonchev–Trinajstić information content (AvgIpc) is 3.12. The minimum atomic E-state index is 0.248. The van der Waals surface area contributed by atoms with Crippen molar-refractivity contribution in [3.05, 3.63) is 70.9 Å². The van der Waals surface area contributed by atoms with Crippen molar-refractivity contribution in [2.75, 3.05) is 26.2 Å². The molecule has 140 valence electrons. The Morgan fingerprint density at radius 1 is 0.963 bits per heavy atom. The molecule has 1 aliphatic rings. The van der Waals surface area contributed by atoms with Gasteiger partial charge in [0.2, 0.25) is 5.91 Å². The van der Waals surface area contributed by atoms with Crippen molar-refractivity contribution in [1.29, 1.82) is 0 Å². The Morgan fingerprint density at radius 2 is 1.70 bits per heavy atom. The Morgan fingerprint density at radius 3 is 2.52 bits per heavy atom. The summed E-state index contributed by atoms with van der Waals surface area (Å²) in [7, 11) is 0. The quantitative estimate of drug-likeness (QED) is 0.722. The van der Waals surface area contributed by atoms with Gasteiger partial charge in [0.05, 0.1) is 0 Å². The lowest BCUT2D eigenvalue weighted by molar-refractivity contribution is -0.132. The molecule has 0 bridgehead atoms. The van der Waals surface area contributed by atoms with Gasteiger partial charge in [-0.25, -0.2) is 0 Å². The highest BCUT2D eigenvalue weighted by Crippen LogP contribution is 2.20. The maximum atomic E-state index is 12.6. The van der Waals surface area contributed by atoms with Gasteiger partial charge in [-0.2, -0.15) is 0 Å². The van der Waals surface area contributed by atoms with E-state index < -0.39 is 0 Å². The second-order valence-electron chi connectivity index (χ2n) is 7.11. The molecule has 0 aliphatic carbocycles. The number of hydrogen-bond acceptors (Lipinski definition) is 2. The van der Waals surface area contributed by atoms with Gasteiger partial charge in [-0.3, -0.25) is 9.69 Å². The van der Waals surface area contributed by atoms with E-state index in [2.05, 4.69) is 28.1 Å². The van der Waals surface area contributed by atoms with E-state index in [0.717, 1.165) is 55.2 Å². The second-order valence-corrected chi connectivity index (χ2v) is 7.52. The fourth-order valence-corrected chi connectivity index (χ4v) is 3.96. The largest absolute Gasteiger partial charge is 0.361 e. The number of hydrogen-bond donors (Lipinski definition) is 1. The molecule has 1 aromatic heterocycles. The first-order valence-electron chi connectivity index (χ1n) is 9.49. The first kappa shape index (κ1) is 18.1. The van der Waals surface area contributed by atoms with Crippen LogP contribution < -0.4 is 0 Å². The predicted molar refractivity (Wildman–Crippen MR) is 110 cm³/mol. The summed E-state index contributed by atoms with van der Waals surface area (Å²) in [5.41, 5.74) is 3.50. The number of H-pyrrole nitrogens is 1. The smallest absolute Gasteiger partial charge is 0.222 e. The number of halogens is 1. The Balaban J connectivity index is 1.28. The molecule has 0 unspecified atom stereocenters. The molecule has 0 saturated carbocycles. The molecule has 2 heterocycles. The van der Waals surface area contributed by atoms with Crippen molar-refractivity contribution >= 4 is 28.4 Å². The number of carbonyl (C=O) groups excluding carboxylic acids is 1. The van der Waals surface area contributed by atoms with Crippen molar-refractivity contribution < 1.29 is 4.79 Å². The Bertz CT molecular complexity index is 928. The van der Waals surface area contributed by atoms with Gasteiger partial charge in [0.1, 0.15) is 0 Å². The van der Waals surface area contributed by atoms with Crippen molar-refractivity contribution in [3.63, 3.8) is 0 Å². The molecular weight excluding hydrogens is 358 g/mol. The van der Waals surface area contributed by atoms with Gasteiger partial charge in [-0.05, 0) is 29.7 Å². The number of para-hydroxylation sites is 1. The summed E-state index contributed by atoms with van der Waals surface area (Å²) in [4.78, 5) is 20.3. The third-order valence-electron chi connectivity index (χ3n) is 5.36. The highest BCUT2D eigenvalue weighted by molar-refractivity contribution is 6.31. The minimum Gasteiger partial charge on any atom is -0.361 e. The summed E-state index contributed by atoms with van der Waals surface area (Å²) in [5, 5.41) is 2.03. The molecular formula is C22H24ClN3O. The van der Waals surface area contributed by atoms with Crippen LogP contribution in [-0.2, 0) is 17.8 Å². The number of amides is 1. The Labute approximate surface area is 164 Å². The van der Waals surface area contributed by atoms with Crippen LogP contribution in [0.15, 0.2) is 54.7 Å². The molecule has 1 amide bonds. The Kier molecular flexibility index (Phi) is 5.46. The van der Waals surface area contributed by atoms with Crippen LogP contribution in [0.1, 0.15) is 17.5 Å². The summed E-state index contributed by atoms with van der Waals surface area (Å²) in [6.45, 7) is 4.21. The highest BCUT2D eigenvalue weighted by Gasteiger charge is 2.21. The van der Waals surface area contributed by atoms with E-state index in [1.54, 1.807) is 0 Å². The number of piperazine rings is 1. The lowest BCUT2D eigenvalue weighted by Gasteiger charge is -2.35. The molecule has 1 saturated heterocycles. The maximum absolute atomic E-state index is 12.6. The van der Waals surface area contributed by atoms with Gasteiger partial charge >= 0.3 is 0 Å². The van der Waals surface area contributed by atoms with E-state index in [9.17, 15) is 4.79 Å². The molecule has 4 nitrogen and oxygen atoms in total.